The van der Waals surface area contributed by atoms with Crippen molar-refractivity contribution in [3.8, 4) is 0 Å². The van der Waals surface area contributed by atoms with Crippen LogP contribution in [0.2, 0.25) is 0 Å². The van der Waals surface area contributed by atoms with E-state index in [1.54, 1.807) is 19.2 Å². The van der Waals surface area contributed by atoms with Gasteiger partial charge in [0.15, 0.2) is 12.4 Å². The number of aromatic nitrogens is 3. The molecule has 2 heterocycles. The Kier molecular flexibility index (Phi) is 9.66. The molecule has 2 aromatic heterocycles. The van der Waals surface area contributed by atoms with Crippen LogP contribution in [0.3, 0.4) is 0 Å². The molecule has 11 nitrogen and oxygen atoms in total. The molecule has 0 aliphatic heterocycles. The van der Waals surface area contributed by atoms with Crippen molar-refractivity contribution in [2.75, 3.05) is 30.9 Å². The molecule has 0 fully saturated rings. The van der Waals surface area contributed by atoms with Crippen LogP contribution in [0.5, 0.6) is 0 Å². The summed E-state index contributed by atoms with van der Waals surface area (Å²) in [6, 6.07) is 5.99. The number of pyridine rings is 1. The van der Waals surface area contributed by atoms with Gasteiger partial charge in [-0.15, -0.1) is 0 Å². The molecule has 3 aromatic rings. The summed E-state index contributed by atoms with van der Waals surface area (Å²) in [6.45, 7) is -0.480. The van der Waals surface area contributed by atoms with E-state index in [1.165, 1.54) is 17.9 Å². The Bertz CT molecular complexity index is 1320. The topological polar surface area (TPSA) is 128 Å². The number of likely N-dealkylation sites (N-methyl/N-ethyl adjacent to an activating group) is 1. The molecule has 37 heavy (non-hydrogen) atoms. The number of anilines is 2. The van der Waals surface area contributed by atoms with E-state index < -0.39 is 36.3 Å². The van der Waals surface area contributed by atoms with Crippen molar-refractivity contribution in [3.05, 3.63) is 68.5 Å². The van der Waals surface area contributed by atoms with Crippen molar-refractivity contribution in [2.24, 2.45) is 0 Å². The van der Waals surface area contributed by atoms with E-state index in [1.807, 2.05) is 0 Å². The number of amides is 2. The summed E-state index contributed by atoms with van der Waals surface area (Å²) in [6.07, 6.45) is 0.660. The number of rotatable bonds is 9. The van der Waals surface area contributed by atoms with Crippen LogP contribution in [-0.4, -0.2) is 53.4 Å². The second kappa shape index (κ2) is 12.7. The number of hydrogen-bond acceptors (Lipinski definition) is 8. The zero-order valence-corrected chi connectivity index (χ0v) is 22.6. The SMILES string of the molecule is CNCC(=O)OCc1cccnc1N(C)C(=O)OCn1nc(C(=O)Nc2ccc(F)cc2F)c(Br)c1Br. The lowest BCUT2D eigenvalue weighted by Crippen LogP contribution is -2.30. The number of carbonyl (C=O) groups excluding carboxylic acids is 3. The van der Waals surface area contributed by atoms with Gasteiger partial charge in [0.25, 0.3) is 5.91 Å². The van der Waals surface area contributed by atoms with E-state index in [0.29, 0.717) is 11.6 Å². The van der Waals surface area contributed by atoms with Crippen molar-refractivity contribution < 1.29 is 32.6 Å². The molecule has 0 bridgehead atoms. The van der Waals surface area contributed by atoms with Crippen LogP contribution in [0.25, 0.3) is 0 Å². The number of ether oxygens (including phenoxy) is 2. The predicted octanol–water partition coefficient (Wildman–Crippen LogP) is 3.83. The first-order chi connectivity index (χ1) is 17.6. The smallest absolute Gasteiger partial charge is 0.417 e. The average Bonchev–Trinajstić information content (AvgIpc) is 3.16. The summed E-state index contributed by atoms with van der Waals surface area (Å²) >= 11 is 6.46. The Morgan fingerprint density at radius 1 is 1.16 bits per heavy atom. The third kappa shape index (κ3) is 7.08. The van der Waals surface area contributed by atoms with Crippen LogP contribution in [-0.2, 0) is 27.6 Å². The number of hydrogen-bond donors (Lipinski definition) is 2. The Morgan fingerprint density at radius 2 is 1.92 bits per heavy atom. The van der Waals surface area contributed by atoms with Gasteiger partial charge in [-0.3, -0.25) is 14.5 Å². The molecular weight excluding hydrogens is 626 g/mol. The summed E-state index contributed by atoms with van der Waals surface area (Å²) in [7, 11) is 3.03. The maximum absolute atomic E-state index is 13.9. The molecule has 0 spiro atoms. The first kappa shape index (κ1) is 28.1. The second-order valence-electron chi connectivity index (χ2n) is 7.31. The molecule has 0 radical (unpaired) electrons. The number of benzene rings is 1. The van der Waals surface area contributed by atoms with Gasteiger partial charge in [-0.05, 0) is 57.1 Å². The highest BCUT2D eigenvalue weighted by Gasteiger charge is 2.23. The van der Waals surface area contributed by atoms with E-state index >= 15 is 0 Å². The first-order valence-electron chi connectivity index (χ1n) is 10.4. The van der Waals surface area contributed by atoms with Gasteiger partial charge in [0.2, 0.25) is 0 Å². The second-order valence-corrected chi connectivity index (χ2v) is 8.85. The van der Waals surface area contributed by atoms with Crippen LogP contribution in [0.15, 0.2) is 45.6 Å². The fraction of sp³-hybridized carbons (Fsp3) is 0.227. The summed E-state index contributed by atoms with van der Waals surface area (Å²) in [5.41, 5.74) is 0.0941. The van der Waals surface area contributed by atoms with Gasteiger partial charge in [-0.2, -0.15) is 5.10 Å². The van der Waals surface area contributed by atoms with Gasteiger partial charge in [-0.1, -0.05) is 6.07 Å². The highest BCUT2D eigenvalue weighted by atomic mass is 79.9. The molecule has 3 rings (SSSR count). The lowest BCUT2D eigenvalue weighted by atomic mass is 10.2. The molecule has 1 aromatic carbocycles. The van der Waals surface area contributed by atoms with Gasteiger partial charge in [0.05, 0.1) is 16.7 Å². The lowest BCUT2D eigenvalue weighted by molar-refractivity contribution is -0.143. The maximum atomic E-state index is 13.9. The van der Waals surface area contributed by atoms with Crippen molar-refractivity contribution in [3.63, 3.8) is 0 Å². The Hall–Kier alpha value is -3.43. The standard InChI is InChI=1S/C22H20Br2F2N6O5/c1-27-9-16(33)36-10-12-4-3-7-28-20(12)31(2)22(35)37-11-32-19(24)17(23)18(30-32)21(34)29-15-6-5-13(25)8-14(15)26/h3-8,27H,9-11H2,1-2H3,(H,29,34). The van der Waals surface area contributed by atoms with Crippen LogP contribution in [0.1, 0.15) is 16.1 Å². The van der Waals surface area contributed by atoms with Crippen molar-refractivity contribution in [1.82, 2.24) is 20.1 Å². The molecular formula is C22H20Br2F2N6O5. The van der Waals surface area contributed by atoms with E-state index in [-0.39, 0.29) is 39.4 Å². The van der Waals surface area contributed by atoms with E-state index in [9.17, 15) is 23.2 Å². The molecule has 0 atom stereocenters. The summed E-state index contributed by atoms with van der Waals surface area (Å²) in [4.78, 5) is 42.2. The number of esters is 1. The molecule has 2 amide bonds. The molecule has 2 N–H and O–H groups in total. The molecule has 0 saturated carbocycles. The minimum atomic E-state index is -0.953. The molecule has 0 saturated heterocycles. The largest absolute Gasteiger partial charge is 0.460 e. The molecule has 0 unspecified atom stereocenters. The third-order valence-corrected chi connectivity index (χ3v) is 6.80. The number of halogens is 4. The van der Waals surface area contributed by atoms with Crippen molar-refractivity contribution in [1.29, 1.82) is 0 Å². The van der Waals surface area contributed by atoms with E-state index in [4.69, 9.17) is 9.47 Å². The number of nitrogens with zero attached hydrogens (tertiary/aromatic N) is 4. The molecule has 196 valence electrons. The highest BCUT2D eigenvalue weighted by Crippen LogP contribution is 2.28. The van der Waals surface area contributed by atoms with Crippen LogP contribution in [0.4, 0.5) is 25.1 Å². The molecule has 0 aliphatic carbocycles. The van der Waals surface area contributed by atoms with E-state index in [0.717, 1.165) is 17.0 Å². The Labute approximate surface area is 226 Å². The monoisotopic (exact) mass is 644 g/mol. The minimum absolute atomic E-state index is 0.0284. The van der Waals surface area contributed by atoms with Gasteiger partial charge in [0, 0.05) is 24.9 Å². The van der Waals surface area contributed by atoms with Gasteiger partial charge in [0.1, 0.15) is 28.7 Å². The molecule has 15 heteroatoms. The number of carbonyl (C=O) groups is 3. The summed E-state index contributed by atoms with van der Waals surface area (Å²) in [5, 5.41) is 9.06. The zero-order valence-electron chi connectivity index (χ0n) is 19.4. The Morgan fingerprint density at radius 3 is 2.62 bits per heavy atom. The van der Waals surface area contributed by atoms with Gasteiger partial charge < -0.3 is 20.1 Å². The fourth-order valence-electron chi connectivity index (χ4n) is 2.92. The van der Waals surface area contributed by atoms with Crippen LogP contribution < -0.4 is 15.5 Å². The maximum Gasteiger partial charge on any atom is 0.417 e. The third-order valence-electron chi connectivity index (χ3n) is 4.71. The fourth-order valence-corrected chi connectivity index (χ4v) is 3.75. The Balaban J connectivity index is 1.67. The normalized spacial score (nSPS) is 10.6. The first-order valence-corrected chi connectivity index (χ1v) is 12.0. The average molecular weight is 646 g/mol. The van der Waals surface area contributed by atoms with Gasteiger partial charge >= 0.3 is 12.1 Å². The van der Waals surface area contributed by atoms with Crippen molar-refractivity contribution >= 4 is 61.3 Å². The van der Waals surface area contributed by atoms with Crippen molar-refractivity contribution in [2.45, 2.75) is 13.3 Å². The summed E-state index contributed by atoms with van der Waals surface area (Å²) in [5.74, 6) is -2.79. The van der Waals surface area contributed by atoms with E-state index in [2.05, 4.69) is 52.6 Å². The van der Waals surface area contributed by atoms with Crippen LogP contribution >= 0.6 is 31.9 Å². The zero-order chi connectivity index (χ0) is 27.1. The number of nitrogens with one attached hydrogen (secondary N) is 2. The minimum Gasteiger partial charge on any atom is -0.460 e. The lowest BCUT2D eigenvalue weighted by Gasteiger charge is -2.19. The predicted molar refractivity (Wildman–Crippen MR) is 135 cm³/mol. The van der Waals surface area contributed by atoms with Crippen LogP contribution in [0, 0.1) is 11.6 Å². The highest BCUT2D eigenvalue weighted by molar-refractivity contribution is 9.13. The quantitative estimate of drug-likeness (QED) is 0.336. The molecule has 0 aliphatic rings. The summed E-state index contributed by atoms with van der Waals surface area (Å²) < 4.78 is 39.1. The van der Waals surface area contributed by atoms with Gasteiger partial charge in [-0.25, -0.2) is 23.2 Å².